The molecule has 2 N–H and O–H groups in total. The van der Waals surface area contributed by atoms with Gasteiger partial charge in [0.2, 0.25) is 5.91 Å². The maximum absolute atomic E-state index is 12.2. The van der Waals surface area contributed by atoms with Crippen LogP contribution in [0.2, 0.25) is 0 Å². The molecular weight excluding hydrogens is 334 g/mol. The van der Waals surface area contributed by atoms with Gasteiger partial charge in [-0.3, -0.25) is 4.79 Å². The average molecular weight is 358 g/mol. The first-order chi connectivity index (χ1) is 10.0. The summed E-state index contributed by atoms with van der Waals surface area (Å²) in [6, 6.07) is -1.19. The van der Waals surface area contributed by atoms with Crippen molar-refractivity contribution in [2.45, 2.75) is 24.8 Å². The van der Waals surface area contributed by atoms with E-state index in [0.29, 0.717) is 13.2 Å². The predicted molar refractivity (Wildman–Crippen MR) is 89.7 cm³/mol. The fourth-order valence-corrected chi connectivity index (χ4v) is 3.77. The molecule has 0 aliphatic carbocycles. The number of nitrogens with one attached hydrogen (secondary N) is 2. The molecule has 0 bridgehead atoms. The smallest absolute Gasteiger partial charge is 0.328 e. The van der Waals surface area contributed by atoms with Crippen molar-refractivity contribution in [1.29, 1.82) is 0 Å². The van der Waals surface area contributed by atoms with E-state index < -0.39 is 18.3 Å². The maximum atomic E-state index is 12.2. The fraction of sp³-hybridized carbons (Fsp3) is 0.818. The first-order valence-electron chi connectivity index (χ1n) is 6.22. The van der Waals surface area contributed by atoms with Gasteiger partial charge in [-0.15, -0.1) is 20.3 Å². The van der Waals surface area contributed by atoms with E-state index in [-0.39, 0.29) is 18.4 Å². The first-order valence-corrected chi connectivity index (χ1v) is 10.7. The molecule has 1 amide bonds. The van der Waals surface area contributed by atoms with E-state index >= 15 is 0 Å². The number of hydrogen-bond donors (Lipinski definition) is 2. The van der Waals surface area contributed by atoms with Crippen LogP contribution in [0, 0.1) is 0 Å². The van der Waals surface area contributed by atoms with E-state index in [0.717, 1.165) is 0 Å². The van der Waals surface area contributed by atoms with Crippen LogP contribution in [0.5, 0.6) is 0 Å². The standard InChI is InChI=1S/C11H24N2O5P2S/c1-12-8(6-21-20-19)10(14)13-7(11(15)18-4)5-9(16-2)17-3/h7-9,12,20H,5-6,19H2,1-4H3,(H,13,14). The third kappa shape index (κ3) is 8.29. The summed E-state index contributed by atoms with van der Waals surface area (Å²) in [6.07, 6.45) is -0.411. The summed E-state index contributed by atoms with van der Waals surface area (Å²) in [5.74, 6) is -0.164. The Morgan fingerprint density at radius 3 is 2.29 bits per heavy atom. The van der Waals surface area contributed by atoms with Gasteiger partial charge in [0.15, 0.2) is 6.29 Å². The van der Waals surface area contributed by atoms with Gasteiger partial charge in [-0.2, -0.15) is 0 Å². The highest BCUT2D eigenvalue weighted by atomic mass is 32.9. The molecule has 0 aromatic carbocycles. The monoisotopic (exact) mass is 358 g/mol. The quantitative estimate of drug-likeness (QED) is 0.313. The molecule has 0 saturated carbocycles. The van der Waals surface area contributed by atoms with Crippen LogP contribution >= 0.6 is 27.8 Å². The minimum Gasteiger partial charge on any atom is -0.467 e. The Morgan fingerprint density at radius 1 is 1.24 bits per heavy atom. The minimum absolute atomic E-state index is 0.181. The normalized spacial score (nSPS) is 14.4. The molecule has 0 radical (unpaired) electrons. The van der Waals surface area contributed by atoms with Crippen molar-refractivity contribution >= 4 is 39.7 Å². The second kappa shape index (κ2) is 12.6. The predicted octanol–water partition coefficient (Wildman–Crippen LogP) is 0.358. The molecule has 0 saturated heterocycles. The number of esters is 1. The van der Waals surface area contributed by atoms with Crippen LogP contribution in [-0.4, -0.2) is 64.4 Å². The molecule has 4 atom stereocenters. The Hall–Kier alpha value is 0.0300. The molecule has 21 heavy (non-hydrogen) atoms. The lowest BCUT2D eigenvalue weighted by Gasteiger charge is -2.23. The number of hydrogen-bond acceptors (Lipinski definition) is 7. The Balaban J connectivity index is 4.70. The summed E-state index contributed by atoms with van der Waals surface area (Å²) in [4.78, 5) is 24.0. The van der Waals surface area contributed by atoms with Gasteiger partial charge in [0, 0.05) is 26.4 Å². The molecule has 7 nitrogen and oxygen atoms in total. The van der Waals surface area contributed by atoms with Crippen LogP contribution in [0.3, 0.4) is 0 Å². The molecule has 0 heterocycles. The second-order valence-corrected chi connectivity index (χ2v) is 8.54. The fourth-order valence-electron chi connectivity index (χ4n) is 1.53. The van der Waals surface area contributed by atoms with Crippen molar-refractivity contribution in [2.75, 3.05) is 34.1 Å². The number of methoxy groups -OCH3 is 3. The van der Waals surface area contributed by atoms with Crippen LogP contribution in [0.4, 0.5) is 0 Å². The molecule has 0 aliphatic rings. The van der Waals surface area contributed by atoms with Crippen molar-refractivity contribution < 1.29 is 23.8 Å². The summed E-state index contributed by atoms with van der Waals surface area (Å²) in [6.45, 7) is 0. The molecule has 0 spiro atoms. The number of amides is 1. The number of carbonyl (C=O) groups is 2. The van der Waals surface area contributed by atoms with Gasteiger partial charge in [-0.25, -0.2) is 4.79 Å². The van der Waals surface area contributed by atoms with Gasteiger partial charge in [-0.05, 0) is 14.5 Å². The van der Waals surface area contributed by atoms with Crippen molar-refractivity contribution in [2.24, 2.45) is 0 Å². The lowest BCUT2D eigenvalue weighted by molar-refractivity contribution is -0.152. The van der Waals surface area contributed by atoms with E-state index in [4.69, 9.17) is 14.2 Å². The third-order valence-electron chi connectivity index (χ3n) is 2.75. The van der Waals surface area contributed by atoms with E-state index in [1.165, 1.54) is 21.3 Å². The van der Waals surface area contributed by atoms with Crippen LogP contribution < -0.4 is 10.6 Å². The highest BCUT2D eigenvalue weighted by molar-refractivity contribution is 8.64. The van der Waals surface area contributed by atoms with E-state index in [9.17, 15) is 9.59 Å². The number of rotatable bonds is 11. The summed E-state index contributed by atoms with van der Waals surface area (Å²) in [7, 11) is 9.15. The summed E-state index contributed by atoms with van der Waals surface area (Å²) >= 11 is 1.64. The summed E-state index contributed by atoms with van der Waals surface area (Å²) < 4.78 is 14.8. The molecule has 4 unspecified atom stereocenters. The van der Waals surface area contributed by atoms with Crippen LogP contribution in [0.1, 0.15) is 6.42 Å². The average Bonchev–Trinajstić information content (AvgIpc) is 2.51. The molecule has 124 valence electrons. The van der Waals surface area contributed by atoms with E-state index in [1.54, 1.807) is 18.4 Å². The van der Waals surface area contributed by atoms with Crippen molar-refractivity contribution in [3.63, 3.8) is 0 Å². The maximum Gasteiger partial charge on any atom is 0.328 e. The van der Waals surface area contributed by atoms with Gasteiger partial charge in [-0.1, -0.05) is 0 Å². The summed E-state index contributed by atoms with van der Waals surface area (Å²) in [5, 5.41) is 5.60. The Bertz CT molecular complexity index is 321. The van der Waals surface area contributed by atoms with Crippen LogP contribution in [0.25, 0.3) is 0 Å². The molecule has 0 aliphatic heterocycles. The van der Waals surface area contributed by atoms with Crippen LogP contribution in [0.15, 0.2) is 0 Å². The highest BCUT2D eigenvalue weighted by Crippen LogP contribution is 2.36. The van der Waals surface area contributed by atoms with E-state index in [1.807, 2.05) is 0 Å². The minimum atomic E-state index is -0.813. The number of ether oxygens (including phenoxy) is 3. The molecule has 0 aromatic rings. The third-order valence-corrected chi connectivity index (χ3v) is 5.92. The first kappa shape index (κ1) is 21.0. The Labute approximate surface area is 133 Å². The largest absolute Gasteiger partial charge is 0.467 e. The lowest BCUT2D eigenvalue weighted by atomic mass is 10.2. The van der Waals surface area contributed by atoms with Crippen molar-refractivity contribution in [3.05, 3.63) is 0 Å². The van der Waals surface area contributed by atoms with Crippen LogP contribution in [-0.2, 0) is 23.8 Å². The zero-order valence-electron chi connectivity index (χ0n) is 12.7. The van der Waals surface area contributed by atoms with Gasteiger partial charge >= 0.3 is 5.97 Å². The van der Waals surface area contributed by atoms with Gasteiger partial charge in [0.25, 0.3) is 0 Å². The summed E-state index contributed by atoms with van der Waals surface area (Å²) in [5.41, 5.74) is 0. The lowest BCUT2D eigenvalue weighted by Crippen LogP contribution is -2.51. The zero-order valence-corrected chi connectivity index (χ0v) is 15.6. The SMILES string of the molecule is CNC(CSPP)C(=O)NC(CC(OC)OC)C(=O)OC. The molecule has 0 rings (SSSR count). The second-order valence-electron chi connectivity index (χ2n) is 3.99. The molecule has 10 heteroatoms. The molecular formula is C11H24N2O5P2S. The molecule has 0 fully saturated rings. The van der Waals surface area contributed by atoms with Crippen molar-refractivity contribution in [1.82, 2.24) is 10.6 Å². The Morgan fingerprint density at radius 2 is 1.86 bits per heavy atom. The highest BCUT2D eigenvalue weighted by Gasteiger charge is 2.28. The number of carbonyl (C=O) groups excluding carboxylic acids is 2. The topological polar surface area (TPSA) is 85.9 Å². The van der Waals surface area contributed by atoms with Gasteiger partial charge < -0.3 is 24.8 Å². The Kier molecular flexibility index (Phi) is 12.6. The van der Waals surface area contributed by atoms with E-state index in [2.05, 4.69) is 19.6 Å². The zero-order chi connectivity index (χ0) is 16.3. The number of likely N-dealkylation sites (N-methyl/N-ethyl adjacent to an activating group) is 1. The van der Waals surface area contributed by atoms with Gasteiger partial charge in [0.1, 0.15) is 6.04 Å². The van der Waals surface area contributed by atoms with Crippen molar-refractivity contribution in [3.8, 4) is 0 Å². The molecule has 0 aromatic heterocycles. The van der Waals surface area contributed by atoms with Gasteiger partial charge in [0.05, 0.1) is 13.2 Å².